The van der Waals surface area contributed by atoms with Crippen molar-refractivity contribution in [2.75, 3.05) is 13.1 Å². The lowest BCUT2D eigenvalue weighted by Crippen LogP contribution is -2.45. The lowest BCUT2D eigenvalue weighted by atomic mass is 10.2. The maximum Gasteiger partial charge on any atom is 0.389 e. The first-order chi connectivity index (χ1) is 7.37. The Morgan fingerprint density at radius 3 is 2.44 bits per heavy atom. The molecule has 16 heavy (non-hydrogen) atoms. The van der Waals surface area contributed by atoms with Gasteiger partial charge in [-0.15, -0.1) is 0 Å². The third-order valence-electron chi connectivity index (χ3n) is 3.12. The Hall–Kier alpha value is -0.0500. The highest BCUT2D eigenvalue weighted by Gasteiger charge is 2.44. The lowest BCUT2D eigenvalue weighted by Gasteiger charge is -2.30. The zero-order valence-corrected chi connectivity index (χ0v) is 10.7. The number of amides is 1. The second-order valence-electron chi connectivity index (χ2n) is 4.29. The smallest absolute Gasteiger partial charge is 0.337 e. The average Bonchev–Trinajstić information content (AvgIpc) is 2.71. The molecule has 0 aromatic rings. The Labute approximate surface area is 105 Å². The van der Waals surface area contributed by atoms with Crippen molar-refractivity contribution in [2.45, 2.75) is 37.5 Å². The fourth-order valence-electron chi connectivity index (χ4n) is 2.32. The number of carbonyl (C=O) groups excluding carboxylic acids is 1. The number of fused-ring (bicyclic) bond motifs is 2. The van der Waals surface area contributed by atoms with Crippen LogP contribution in [0.3, 0.4) is 0 Å². The molecule has 2 aliphatic heterocycles. The molecular weight excluding hydrogens is 336 g/mol. The third kappa shape index (κ3) is 2.61. The van der Waals surface area contributed by atoms with Gasteiger partial charge in [-0.25, -0.2) is 3.11 Å². The van der Waals surface area contributed by atoms with Crippen molar-refractivity contribution in [3.05, 3.63) is 0 Å². The van der Waals surface area contributed by atoms with E-state index < -0.39 is 19.0 Å². The van der Waals surface area contributed by atoms with Gasteiger partial charge < -0.3 is 4.90 Å². The van der Waals surface area contributed by atoms with Crippen LogP contribution in [0.15, 0.2) is 0 Å². The average molecular weight is 348 g/mol. The summed E-state index contributed by atoms with van der Waals surface area (Å²) in [6.07, 6.45) is -4.74. The molecule has 7 heteroatoms. The van der Waals surface area contributed by atoms with Crippen molar-refractivity contribution >= 4 is 28.8 Å². The predicted molar refractivity (Wildman–Crippen MR) is 59.9 cm³/mol. The molecule has 2 aliphatic rings. The number of piperazine rings is 1. The number of carbonyl (C=O) groups is 1. The molecule has 0 unspecified atom stereocenters. The molecule has 0 aromatic heterocycles. The predicted octanol–water partition coefficient (Wildman–Crippen LogP) is 1.96. The van der Waals surface area contributed by atoms with Gasteiger partial charge in [-0.3, -0.25) is 4.79 Å². The summed E-state index contributed by atoms with van der Waals surface area (Å²) in [4.78, 5) is 13.2. The third-order valence-corrected chi connectivity index (χ3v) is 4.30. The van der Waals surface area contributed by atoms with Gasteiger partial charge in [-0.1, -0.05) is 0 Å². The number of hydrogen-bond acceptors (Lipinski definition) is 2. The first-order valence-corrected chi connectivity index (χ1v) is 6.12. The van der Waals surface area contributed by atoms with Crippen molar-refractivity contribution in [2.24, 2.45) is 0 Å². The van der Waals surface area contributed by atoms with Crippen molar-refractivity contribution in [1.29, 1.82) is 0 Å². The molecule has 0 N–H and O–H groups in total. The van der Waals surface area contributed by atoms with E-state index in [1.807, 2.05) is 0 Å². The zero-order valence-electron chi connectivity index (χ0n) is 8.50. The molecule has 2 bridgehead atoms. The van der Waals surface area contributed by atoms with Gasteiger partial charge in [0, 0.05) is 54.5 Å². The van der Waals surface area contributed by atoms with Gasteiger partial charge >= 0.3 is 6.18 Å². The number of rotatable bonds is 2. The summed E-state index contributed by atoms with van der Waals surface area (Å²) in [7, 11) is 0. The van der Waals surface area contributed by atoms with Gasteiger partial charge in [-0.05, 0) is 6.42 Å². The largest absolute Gasteiger partial charge is 0.389 e. The topological polar surface area (TPSA) is 23.6 Å². The van der Waals surface area contributed by atoms with Crippen LogP contribution in [-0.2, 0) is 4.79 Å². The molecule has 2 fully saturated rings. The fraction of sp³-hybridized carbons (Fsp3) is 0.889. The van der Waals surface area contributed by atoms with E-state index in [1.54, 1.807) is 4.90 Å². The van der Waals surface area contributed by atoms with Gasteiger partial charge in [0.25, 0.3) is 0 Å². The van der Waals surface area contributed by atoms with E-state index in [4.69, 9.17) is 0 Å². The Balaban J connectivity index is 1.84. The van der Waals surface area contributed by atoms with Crippen molar-refractivity contribution in [1.82, 2.24) is 8.01 Å². The maximum absolute atomic E-state index is 12.0. The molecule has 1 amide bonds. The first kappa shape index (κ1) is 12.4. The van der Waals surface area contributed by atoms with E-state index >= 15 is 0 Å². The molecule has 0 aromatic carbocycles. The van der Waals surface area contributed by atoms with Crippen molar-refractivity contribution in [3.8, 4) is 0 Å². The summed E-state index contributed by atoms with van der Waals surface area (Å²) in [5.74, 6) is -0.352. The molecule has 2 atom stereocenters. The SMILES string of the molecule is O=C(CCC(F)(F)F)N1C[C@H]2C[C@@H]1CN2I. The second-order valence-corrected chi connectivity index (χ2v) is 5.53. The number of hydrogen-bond donors (Lipinski definition) is 0. The summed E-state index contributed by atoms with van der Waals surface area (Å²) in [6.45, 7) is 1.37. The minimum atomic E-state index is -4.23. The molecule has 0 radical (unpaired) electrons. The summed E-state index contributed by atoms with van der Waals surface area (Å²) in [5, 5.41) is 0. The molecular formula is C9H12F3IN2O. The Morgan fingerprint density at radius 1 is 1.31 bits per heavy atom. The molecule has 2 heterocycles. The minimum absolute atomic E-state index is 0.127. The molecule has 0 saturated carbocycles. The summed E-state index contributed by atoms with van der Waals surface area (Å²) >= 11 is 2.21. The summed E-state index contributed by atoms with van der Waals surface area (Å²) in [5.41, 5.74) is 0. The monoisotopic (exact) mass is 348 g/mol. The molecule has 2 saturated heterocycles. The highest BCUT2D eigenvalue weighted by Crippen LogP contribution is 2.34. The molecule has 0 aliphatic carbocycles. The van der Waals surface area contributed by atoms with Crippen LogP contribution in [0, 0.1) is 0 Å². The quantitative estimate of drug-likeness (QED) is 0.563. The molecule has 2 rings (SSSR count). The van der Waals surface area contributed by atoms with E-state index in [9.17, 15) is 18.0 Å². The normalized spacial score (nSPS) is 30.1. The Morgan fingerprint density at radius 2 is 2.00 bits per heavy atom. The van der Waals surface area contributed by atoms with Crippen molar-refractivity contribution in [3.63, 3.8) is 0 Å². The molecule has 0 spiro atoms. The van der Waals surface area contributed by atoms with Crippen LogP contribution in [0.5, 0.6) is 0 Å². The number of halogens is 4. The number of alkyl halides is 3. The van der Waals surface area contributed by atoms with E-state index in [0.717, 1.165) is 13.0 Å². The van der Waals surface area contributed by atoms with Crippen molar-refractivity contribution < 1.29 is 18.0 Å². The van der Waals surface area contributed by atoms with Crippen LogP contribution in [0.2, 0.25) is 0 Å². The summed E-state index contributed by atoms with van der Waals surface area (Å²) in [6, 6.07) is 0.461. The van der Waals surface area contributed by atoms with Crippen LogP contribution in [-0.4, -0.2) is 45.3 Å². The van der Waals surface area contributed by atoms with Crippen LogP contribution >= 0.6 is 22.9 Å². The highest BCUT2D eigenvalue weighted by atomic mass is 127. The highest BCUT2D eigenvalue weighted by molar-refractivity contribution is 14.1. The van der Waals surface area contributed by atoms with E-state index in [0.29, 0.717) is 12.6 Å². The summed E-state index contributed by atoms with van der Waals surface area (Å²) < 4.78 is 38.1. The van der Waals surface area contributed by atoms with Crippen LogP contribution in [0.25, 0.3) is 0 Å². The zero-order chi connectivity index (χ0) is 11.9. The van der Waals surface area contributed by atoms with Gasteiger partial charge in [0.2, 0.25) is 5.91 Å². The van der Waals surface area contributed by atoms with Crippen LogP contribution < -0.4 is 0 Å². The van der Waals surface area contributed by atoms with E-state index in [1.165, 1.54) is 0 Å². The second kappa shape index (κ2) is 4.32. The van der Waals surface area contributed by atoms with Gasteiger partial charge in [0.1, 0.15) is 0 Å². The van der Waals surface area contributed by atoms with Crippen LogP contribution in [0.1, 0.15) is 19.3 Å². The Kier molecular flexibility index (Phi) is 3.35. The van der Waals surface area contributed by atoms with Gasteiger partial charge in [-0.2, -0.15) is 13.2 Å². The number of nitrogens with zero attached hydrogens (tertiary/aromatic N) is 2. The van der Waals surface area contributed by atoms with E-state index in [-0.39, 0.29) is 11.9 Å². The maximum atomic E-state index is 12.0. The standard InChI is InChI=1S/C9H12F3IN2O/c10-9(11,12)2-1-8(16)14-4-7-3-6(14)5-15(7)13/h6-7H,1-5H2/t6-,7-/m1/s1. The molecule has 92 valence electrons. The minimum Gasteiger partial charge on any atom is -0.337 e. The van der Waals surface area contributed by atoms with E-state index in [2.05, 4.69) is 26.0 Å². The Bertz CT molecular complexity index is 295. The molecule has 3 nitrogen and oxygen atoms in total. The fourth-order valence-corrected chi connectivity index (χ4v) is 3.17. The van der Waals surface area contributed by atoms with Gasteiger partial charge in [0.15, 0.2) is 0 Å². The van der Waals surface area contributed by atoms with Crippen LogP contribution in [0.4, 0.5) is 13.2 Å². The van der Waals surface area contributed by atoms with Gasteiger partial charge in [0.05, 0.1) is 6.42 Å². The number of likely N-dealkylation sites (tertiary alicyclic amines) is 1. The first-order valence-electron chi connectivity index (χ1n) is 5.15. The lowest BCUT2D eigenvalue weighted by molar-refractivity contribution is -0.150.